The lowest BCUT2D eigenvalue weighted by Gasteiger charge is -2.11. The highest BCUT2D eigenvalue weighted by Gasteiger charge is 2.17. The van der Waals surface area contributed by atoms with Gasteiger partial charge in [-0.05, 0) is 24.5 Å². The highest BCUT2D eigenvalue weighted by atomic mass is 16.2. The van der Waals surface area contributed by atoms with Gasteiger partial charge in [0.2, 0.25) is 0 Å². The fourth-order valence-corrected chi connectivity index (χ4v) is 2.78. The second kappa shape index (κ2) is 6.96. The van der Waals surface area contributed by atoms with Gasteiger partial charge in [-0.2, -0.15) is 0 Å². The van der Waals surface area contributed by atoms with E-state index < -0.39 is 5.69 Å². The number of aromatic nitrogens is 4. The third kappa shape index (κ3) is 3.50. The van der Waals surface area contributed by atoms with Gasteiger partial charge in [-0.25, -0.2) is 9.78 Å². The molecule has 0 spiro atoms. The van der Waals surface area contributed by atoms with Crippen LogP contribution in [0.5, 0.6) is 0 Å². The number of nitrogens with one attached hydrogen (secondary N) is 2. The van der Waals surface area contributed by atoms with Crippen LogP contribution < -0.4 is 16.6 Å². The van der Waals surface area contributed by atoms with Crippen molar-refractivity contribution < 1.29 is 0 Å². The van der Waals surface area contributed by atoms with Crippen LogP contribution in [0.1, 0.15) is 26.1 Å². The molecule has 0 fully saturated rings. The lowest BCUT2D eigenvalue weighted by molar-refractivity contribution is 0.513. The number of nitrogens with zero attached hydrogens (tertiary/aromatic N) is 3. The molecule has 3 aromatic rings. The van der Waals surface area contributed by atoms with E-state index in [4.69, 9.17) is 0 Å². The van der Waals surface area contributed by atoms with Crippen molar-refractivity contribution in [3.8, 4) is 0 Å². The third-order valence-electron chi connectivity index (χ3n) is 4.24. The first-order valence-corrected chi connectivity index (χ1v) is 8.44. The lowest BCUT2D eigenvalue weighted by Crippen LogP contribution is -2.29. The van der Waals surface area contributed by atoms with Gasteiger partial charge in [-0.15, -0.1) is 0 Å². The maximum Gasteiger partial charge on any atom is 0.329 e. The van der Waals surface area contributed by atoms with Gasteiger partial charge in [0.1, 0.15) is 5.82 Å². The molecule has 0 aliphatic carbocycles. The molecular weight excluding hydrogens is 318 g/mol. The minimum atomic E-state index is -0.450. The van der Waals surface area contributed by atoms with Crippen LogP contribution in [0.4, 0.5) is 5.69 Å². The number of hydrogen-bond acceptors (Lipinski definition) is 4. The van der Waals surface area contributed by atoms with Gasteiger partial charge in [0.05, 0.1) is 6.54 Å². The molecule has 1 aromatic carbocycles. The van der Waals surface area contributed by atoms with Crippen molar-refractivity contribution in [2.24, 2.45) is 13.0 Å². The van der Waals surface area contributed by atoms with E-state index in [1.165, 1.54) is 4.57 Å². The molecule has 3 rings (SSSR count). The van der Waals surface area contributed by atoms with Gasteiger partial charge < -0.3 is 9.88 Å². The number of para-hydroxylation sites is 1. The second-order valence-electron chi connectivity index (χ2n) is 6.57. The molecule has 7 nitrogen and oxygen atoms in total. The highest BCUT2D eigenvalue weighted by Crippen LogP contribution is 2.15. The van der Waals surface area contributed by atoms with E-state index in [9.17, 15) is 9.59 Å². The van der Waals surface area contributed by atoms with Crippen molar-refractivity contribution in [2.75, 3.05) is 5.32 Å². The molecule has 2 N–H and O–H groups in total. The Morgan fingerprint density at radius 2 is 1.92 bits per heavy atom. The zero-order valence-corrected chi connectivity index (χ0v) is 14.7. The zero-order valence-electron chi connectivity index (χ0n) is 14.7. The van der Waals surface area contributed by atoms with Crippen LogP contribution in [-0.2, 0) is 20.1 Å². The van der Waals surface area contributed by atoms with Crippen LogP contribution in [0.3, 0.4) is 0 Å². The Labute approximate surface area is 145 Å². The number of aromatic amines is 1. The monoisotopic (exact) mass is 341 g/mol. The standard InChI is InChI=1S/C18H23N5O2/c1-12(2)9-10-23-14(11-19-13-7-5-4-6-8-13)20-16-15(23)17(24)21-18(25)22(16)3/h4-8,12,19H,9-11H2,1-3H3,(H,21,24,25). The summed E-state index contributed by atoms with van der Waals surface area (Å²) in [7, 11) is 1.62. The van der Waals surface area contributed by atoms with Crippen molar-refractivity contribution in [1.29, 1.82) is 0 Å². The van der Waals surface area contributed by atoms with E-state index >= 15 is 0 Å². The number of fused-ring (bicyclic) bond motifs is 1. The maximum absolute atomic E-state index is 12.4. The summed E-state index contributed by atoms with van der Waals surface area (Å²) in [5.74, 6) is 1.24. The molecule has 25 heavy (non-hydrogen) atoms. The Morgan fingerprint density at radius 1 is 1.20 bits per heavy atom. The number of aryl methyl sites for hydroxylation is 2. The van der Waals surface area contributed by atoms with Crippen molar-refractivity contribution in [2.45, 2.75) is 33.4 Å². The predicted molar refractivity (Wildman–Crippen MR) is 98.8 cm³/mol. The van der Waals surface area contributed by atoms with E-state index in [1.54, 1.807) is 7.05 Å². The summed E-state index contributed by atoms with van der Waals surface area (Å²) in [4.78, 5) is 31.2. The number of H-pyrrole nitrogens is 1. The molecule has 0 radical (unpaired) electrons. The first kappa shape index (κ1) is 17.0. The summed E-state index contributed by atoms with van der Waals surface area (Å²) in [6.07, 6.45) is 0.923. The number of imidazole rings is 1. The van der Waals surface area contributed by atoms with Crippen molar-refractivity contribution >= 4 is 16.9 Å². The summed E-state index contributed by atoms with van der Waals surface area (Å²) in [5.41, 5.74) is 1.01. The van der Waals surface area contributed by atoms with Gasteiger partial charge in [-0.1, -0.05) is 32.0 Å². The number of benzene rings is 1. The summed E-state index contributed by atoms with van der Waals surface area (Å²) >= 11 is 0. The van der Waals surface area contributed by atoms with Gasteiger partial charge >= 0.3 is 5.69 Å². The van der Waals surface area contributed by atoms with E-state index in [0.29, 0.717) is 30.2 Å². The Bertz CT molecular complexity index is 982. The molecule has 132 valence electrons. The molecule has 2 aromatic heterocycles. The summed E-state index contributed by atoms with van der Waals surface area (Å²) in [6, 6.07) is 9.82. The summed E-state index contributed by atoms with van der Waals surface area (Å²) in [6.45, 7) is 5.44. The van der Waals surface area contributed by atoms with Crippen LogP contribution in [0.2, 0.25) is 0 Å². The van der Waals surface area contributed by atoms with E-state index in [2.05, 4.69) is 29.1 Å². The van der Waals surface area contributed by atoms with Crippen molar-refractivity contribution in [3.05, 3.63) is 57.0 Å². The molecule has 0 amide bonds. The Kier molecular flexibility index (Phi) is 4.74. The van der Waals surface area contributed by atoms with Gasteiger partial charge in [-0.3, -0.25) is 14.3 Å². The normalized spacial score (nSPS) is 11.4. The van der Waals surface area contributed by atoms with E-state index in [-0.39, 0.29) is 5.56 Å². The second-order valence-corrected chi connectivity index (χ2v) is 6.57. The minimum Gasteiger partial charge on any atom is -0.378 e. The molecule has 0 saturated heterocycles. The quantitative estimate of drug-likeness (QED) is 0.719. The molecule has 0 atom stereocenters. The Balaban J connectivity index is 2.04. The summed E-state index contributed by atoms with van der Waals surface area (Å²) < 4.78 is 3.30. The van der Waals surface area contributed by atoms with E-state index in [0.717, 1.165) is 17.9 Å². The first-order chi connectivity index (χ1) is 12.0. The Morgan fingerprint density at radius 3 is 2.60 bits per heavy atom. The molecule has 2 heterocycles. The largest absolute Gasteiger partial charge is 0.378 e. The zero-order chi connectivity index (χ0) is 18.0. The lowest BCUT2D eigenvalue weighted by atomic mass is 10.1. The fraction of sp³-hybridized carbons (Fsp3) is 0.389. The van der Waals surface area contributed by atoms with Gasteiger partial charge in [0.15, 0.2) is 11.2 Å². The molecule has 0 saturated carbocycles. The average molecular weight is 341 g/mol. The Hall–Kier alpha value is -2.83. The van der Waals surface area contributed by atoms with Crippen LogP contribution in [0.25, 0.3) is 11.2 Å². The SMILES string of the molecule is CC(C)CCn1c(CNc2ccccc2)nc2c1c(=O)[nH]c(=O)n2C. The molecular formula is C18H23N5O2. The summed E-state index contributed by atoms with van der Waals surface area (Å²) in [5, 5.41) is 3.32. The minimum absolute atomic E-state index is 0.389. The van der Waals surface area contributed by atoms with E-state index in [1.807, 2.05) is 34.9 Å². The smallest absolute Gasteiger partial charge is 0.329 e. The molecule has 0 aliphatic heterocycles. The van der Waals surface area contributed by atoms with Crippen LogP contribution in [0, 0.1) is 5.92 Å². The van der Waals surface area contributed by atoms with Gasteiger partial charge in [0, 0.05) is 19.3 Å². The highest BCUT2D eigenvalue weighted by molar-refractivity contribution is 5.71. The number of anilines is 1. The number of rotatable bonds is 6. The molecule has 0 aliphatic rings. The fourth-order valence-electron chi connectivity index (χ4n) is 2.78. The molecule has 7 heteroatoms. The van der Waals surface area contributed by atoms with Crippen LogP contribution in [0.15, 0.2) is 39.9 Å². The number of hydrogen-bond donors (Lipinski definition) is 2. The topological polar surface area (TPSA) is 84.7 Å². The van der Waals surface area contributed by atoms with Gasteiger partial charge in [0.25, 0.3) is 5.56 Å². The first-order valence-electron chi connectivity index (χ1n) is 8.44. The van der Waals surface area contributed by atoms with Crippen LogP contribution in [-0.4, -0.2) is 19.1 Å². The van der Waals surface area contributed by atoms with Crippen molar-refractivity contribution in [1.82, 2.24) is 19.1 Å². The third-order valence-corrected chi connectivity index (χ3v) is 4.24. The van der Waals surface area contributed by atoms with Crippen molar-refractivity contribution in [3.63, 3.8) is 0 Å². The van der Waals surface area contributed by atoms with Crippen LogP contribution >= 0.6 is 0 Å². The maximum atomic E-state index is 12.4. The predicted octanol–water partition coefficient (Wildman–Crippen LogP) is 2.08. The molecule has 0 unspecified atom stereocenters. The molecule has 0 bridgehead atoms. The average Bonchev–Trinajstić information content (AvgIpc) is 2.96.